The van der Waals surface area contributed by atoms with E-state index in [9.17, 15) is 14.9 Å². The summed E-state index contributed by atoms with van der Waals surface area (Å²) in [6.07, 6.45) is 0. The molecular weight excluding hydrogens is 503 g/mol. The van der Waals surface area contributed by atoms with Gasteiger partial charge in [-0.15, -0.1) is 23.7 Å². The van der Waals surface area contributed by atoms with E-state index in [1.54, 1.807) is 23.1 Å². The highest BCUT2D eigenvalue weighted by Gasteiger charge is 2.24. The molecule has 0 N–H and O–H groups in total. The van der Waals surface area contributed by atoms with E-state index >= 15 is 0 Å². The Morgan fingerprint density at radius 2 is 1.85 bits per heavy atom. The van der Waals surface area contributed by atoms with Gasteiger partial charge in [-0.05, 0) is 37.4 Å². The first-order valence-electron chi connectivity index (χ1n) is 10.2. The zero-order chi connectivity index (χ0) is 22.8. The van der Waals surface area contributed by atoms with Gasteiger partial charge in [0.25, 0.3) is 11.6 Å². The number of aromatic nitrogens is 1. The Labute approximate surface area is 210 Å². The van der Waals surface area contributed by atoms with E-state index < -0.39 is 4.92 Å². The summed E-state index contributed by atoms with van der Waals surface area (Å²) in [7, 11) is 0. The molecule has 2 aromatic carbocycles. The molecule has 4 rings (SSSR count). The van der Waals surface area contributed by atoms with Crippen LogP contribution < -0.4 is 4.90 Å². The van der Waals surface area contributed by atoms with Gasteiger partial charge in [0.2, 0.25) is 0 Å². The summed E-state index contributed by atoms with van der Waals surface area (Å²) in [5.74, 6) is -0.170. The lowest BCUT2D eigenvalue weighted by molar-refractivity contribution is -0.384. The molecule has 1 amide bonds. The third kappa shape index (κ3) is 5.28. The van der Waals surface area contributed by atoms with Gasteiger partial charge >= 0.3 is 0 Å². The van der Waals surface area contributed by atoms with Gasteiger partial charge in [-0.2, -0.15) is 0 Å². The lowest BCUT2D eigenvalue weighted by atomic mass is 10.2. The van der Waals surface area contributed by atoms with E-state index in [1.807, 2.05) is 12.1 Å². The highest BCUT2D eigenvalue weighted by Crippen LogP contribution is 2.35. The number of halogens is 2. The molecule has 33 heavy (non-hydrogen) atoms. The average molecular weight is 525 g/mol. The Morgan fingerprint density at radius 3 is 2.52 bits per heavy atom. The van der Waals surface area contributed by atoms with Crippen molar-refractivity contribution < 1.29 is 9.72 Å². The molecule has 0 aliphatic rings. The first kappa shape index (κ1) is 25.3. The minimum atomic E-state index is -0.431. The van der Waals surface area contributed by atoms with Crippen molar-refractivity contribution in [2.24, 2.45) is 0 Å². The smallest absolute Gasteiger partial charge is 0.270 e. The number of nitro groups is 1. The molecule has 11 heteroatoms. The maximum absolute atomic E-state index is 13.6. The summed E-state index contributed by atoms with van der Waals surface area (Å²) in [5, 5.41) is 12.9. The summed E-state index contributed by atoms with van der Waals surface area (Å²) in [4.78, 5) is 33.4. The molecule has 0 spiro atoms. The number of benzene rings is 2. The quantitative estimate of drug-likeness (QED) is 0.194. The number of anilines is 1. The van der Waals surface area contributed by atoms with Crippen LogP contribution >= 0.6 is 46.7 Å². The van der Waals surface area contributed by atoms with Crippen LogP contribution in [-0.4, -0.2) is 46.9 Å². The van der Waals surface area contributed by atoms with Gasteiger partial charge in [0, 0.05) is 35.3 Å². The number of nitro benzene ring substituents is 1. The summed E-state index contributed by atoms with van der Waals surface area (Å²) in [6.45, 7) is 7.14. The predicted molar refractivity (Wildman–Crippen MR) is 140 cm³/mol. The molecule has 0 unspecified atom stereocenters. The molecule has 174 valence electrons. The Hall–Kier alpha value is -2.30. The number of fused-ring (bicyclic) bond motifs is 2. The van der Waals surface area contributed by atoms with Gasteiger partial charge in [-0.25, -0.2) is 4.98 Å². The number of non-ortho nitro benzene ring substituents is 1. The molecule has 2 heterocycles. The Kier molecular flexibility index (Phi) is 8.25. The summed E-state index contributed by atoms with van der Waals surface area (Å²) in [6, 6.07) is 12.0. The summed E-state index contributed by atoms with van der Waals surface area (Å²) in [5.41, 5.74) is 0.690. The fourth-order valence-electron chi connectivity index (χ4n) is 3.47. The molecule has 0 atom stereocenters. The third-order valence-corrected chi connectivity index (χ3v) is 7.74. The second-order valence-electron chi connectivity index (χ2n) is 7.16. The molecule has 0 bridgehead atoms. The fourth-order valence-corrected chi connectivity index (χ4v) is 5.75. The summed E-state index contributed by atoms with van der Waals surface area (Å²) < 4.78 is 1.75. The number of para-hydroxylation sites is 1. The van der Waals surface area contributed by atoms with Crippen molar-refractivity contribution >= 4 is 83.7 Å². The lowest BCUT2D eigenvalue weighted by Crippen LogP contribution is -2.38. The van der Waals surface area contributed by atoms with Gasteiger partial charge in [0.05, 0.1) is 19.5 Å². The lowest BCUT2D eigenvalue weighted by Gasteiger charge is -2.24. The van der Waals surface area contributed by atoms with Crippen LogP contribution in [0.25, 0.3) is 20.3 Å². The average Bonchev–Trinajstić information content (AvgIpc) is 3.41. The largest absolute Gasteiger partial charge is 0.302 e. The van der Waals surface area contributed by atoms with Gasteiger partial charge < -0.3 is 4.90 Å². The number of nitrogens with zero attached hydrogens (tertiary/aromatic N) is 4. The van der Waals surface area contributed by atoms with Gasteiger partial charge in [-0.3, -0.25) is 19.8 Å². The van der Waals surface area contributed by atoms with Gasteiger partial charge in [0.15, 0.2) is 5.13 Å². The van der Waals surface area contributed by atoms with E-state index in [0.29, 0.717) is 39.0 Å². The number of likely N-dealkylation sites (N-methyl/N-ethyl adjacent to an activating group) is 1. The van der Waals surface area contributed by atoms with Crippen LogP contribution in [0.5, 0.6) is 0 Å². The van der Waals surface area contributed by atoms with Crippen molar-refractivity contribution in [3.05, 3.63) is 62.5 Å². The number of rotatable bonds is 8. The van der Waals surface area contributed by atoms with Crippen molar-refractivity contribution in [1.29, 1.82) is 0 Å². The van der Waals surface area contributed by atoms with E-state index in [2.05, 4.69) is 23.7 Å². The molecule has 0 saturated carbocycles. The van der Waals surface area contributed by atoms with Crippen LogP contribution in [0.4, 0.5) is 10.8 Å². The van der Waals surface area contributed by atoms with E-state index in [1.165, 1.54) is 34.8 Å². The van der Waals surface area contributed by atoms with Crippen LogP contribution in [0, 0.1) is 10.1 Å². The maximum atomic E-state index is 13.6. The van der Waals surface area contributed by atoms with Gasteiger partial charge in [-0.1, -0.05) is 42.9 Å². The van der Waals surface area contributed by atoms with Crippen LogP contribution in [-0.2, 0) is 0 Å². The molecule has 4 aromatic rings. The number of carbonyl (C=O) groups excluding carboxylic acids is 1. The first-order valence-corrected chi connectivity index (χ1v) is 12.2. The van der Waals surface area contributed by atoms with Crippen molar-refractivity contribution in [3.63, 3.8) is 0 Å². The van der Waals surface area contributed by atoms with Gasteiger partial charge in [0.1, 0.15) is 5.52 Å². The molecule has 0 fully saturated rings. The Balaban J connectivity index is 0.00000306. The number of hydrogen-bond acceptors (Lipinski definition) is 7. The molecule has 0 saturated heterocycles. The number of hydrogen-bond donors (Lipinski definition) is 0. The maximum Gasteiger partial charge on any atom is 0.270 e. The molecule has 0 aliphatic heterocycles. The summed E-state index contributed by atoms with van der Waals surface area (Å²) >= 11 is 9.07. The fraction of sp³-hybridized carbons (Fsp3) is 0.273. The van der Waals surface area contributed by atoms with Crippen LogP contribution in [0.3, 0.4) is 0 Å². The Morgan fingerprint density at radius 1 is 1.09 bits per heavy atom. The molecule has 2 aromatic heterocycles. The molecule has 0 aliphatic carbocycles. The first-order chi connectivity index (χ1) is 15.4. The SMILES string of the molecule is CCN(CC)CCN(C(=O)c1cc2cc([N+](=O)[O-])ccc2s1)c1nc2c(Cl)cccc2s1.Cl. The monoisotopic (exact) mass is 524 g/mol. The minimum Gasteiger partial charge on any atom is -0.302 e. The Bertz CT molecular complexity index is 1300. The molecular formula is C22H22Cl2N4O3S2. The minimum absolute atomic E-state index is 0. The number of carbonyl (C=O) groups is 1. The second kappa shape index (κ2) is 10.8. The molecule has 0 radical (unpaired) electrons. The number of thiazole rings is 1. The van der Waals surface area contributed by atoms with E-state index in [4.69, 9.17) is 11.6 Å². The van der Waals surface area contributed by atoms with Crippen molar-refractivity contribution in [1.82, 2.24) is 9.88 Å². The standard InChI is InChI=1S/C22H21ClN4O3S2.ClH/c1-3-25(4-2)10-11-26(22-24-20-16(23)6-5-7-18(20)32-22)21(28)19-13-14-12-15(27(29)30)8-9-17(14)31-19;/h5-9,12-13H,3-4,10-11H2,1-2H3;1H. The number of amides is 1. The zero-order valence-corrected chi connectivity index (χ0v) is 21.2. The van der Waals surface area contributed by atoms with E-state index in [-0.39, 0.29) is 24.0 Å². The van der Waals surface area contributed by atoms with E-state index in [0.717, 1.165) is 22.5 Å². The van der Waals surface area contributed by atoms with Crippen LogP contribution in [0.1, 0.15) is 23.5 Å². The van der Waals surface area contributed by atoms with Crippen LogP contribution in [0.2, 0.25) is 5.02 Å². The third-order valence-electron chi connectivity index (χ3n) is 5.29. The van der Waals surface area contributed by atoms with Crippen LogP contribution in [0.15, 0.2) is 42.5 Å². The zero-order valence-electron chi connectivity index (χ0n) is 18.0. The van der Waals surface area contributed by atoms with Crippen molar-refractivity contribution in [3.8, 4) is 0 Å². The number of thiophene rings is 1. The van der Waals surface area contributed by atoms with Crippen molar-refractivity contribution in [2.45, 2.75) is 13.8 Å². The molecule has 7 nitrogen and oxygen atoms in total. The van der Waals surface area contributed by atoms with Crippen molar-refractivity contribution in [2.75, 3.05) is 31.1 Å². The highest BCUT2D eigenvalue weighted by molar-refractivity contribution is 7.23. The highest BCUT2D eigenvalue weighted by atomic mass is 35.5. The second-order valence-corrected chi connectivity index (χ2v) is 9.66. The topological polar surface area (TPSA) is 79.6 Å². The predicted octanol–water partition coefficient (Wildman–Crippen LogP) is 6.48. The normalized spacial score (nSPS) is 11.2.